The van der Waals surface area contributed by atoms with Gasteiger partial charge in [-0.1, -0.05) is 11.8 Å². The van der Waals surface area contributed by atoms with Crippen molar-refractivity contribution in [1.82, 2.24) is 14.7 Å². The lowest BCUT2D eigenvalue weighted by atomic mass is 10.1. The summed E-state index contributed by atoms with van der Waals surface area (Å²) in [5.74, 6) is 5.84. The molecule has 3 N–H and O–H groups in total. The van der Waals surface area contributed by atoms with Gasteiger partial charge in [-0.3, -0.25) is 0 Å². The van der Waals surface area contributed by atoms with E-state index in [4.69, 9.17) is 5.11 Å². The fraction of sp³-hybridized carbons (Fsp3) is 0.214. The van der Waals surface area contributed by atoms with Crippen LogP contribution in [-0.4, -0.2) is 30.1 Å². The molecule has 0 aliphatic heterocycles. The van der Waals surface area contributed by atoms with Crippen LogP contribution in [0.15, 0.2) is 35.5 Å². The van der Waals surface area contributed by atoms with Crippen molar-refractivity contribution in [2.75, 3.05) is 6.61 Å². The van der Waals surface area contributed by atoms with Crippen LogP contribution in [0.4, 0.5) is 0 Å². The highest BCUT2D eigenvalue weighted by Gasteiger charge is 2.15. The monoisotopic (exact) mass is 305 g/mol. The zero-order chi connectivity index (χ0) is 15.3. The summed E-state index contributed by atoms with van der Waals surface area (Å²) >= 11 is 0. The van der Waals surface area contributed by atoms with Crippen LogP contribution in [0, 0.1) is 18.8 Å². The zero-order valence-electron chi connectivity index (χ0n) is 11.4. The maximum atomic E-state index is 12.2. The van der Waals surface area contributed by atoms with Crippen molar-refractivity contribution in [3.8, 4) is 11.8 Å². The van der Waals surface area contributed by atoms with Crippen molar-refractivity contribution in [3.63, 3.8) is 0 Å². The summed E-state index contributed by atoms with van der Waals surface area (Å²) in [5.41, 5.74) is 1.42. The van der Waals surface area contributed by atoms with Gasteiger partial charge in [-0.15, -0.1) is 0 Å². The molecular formula is C14H15N3O3S. The minimum atomic E-state index is -3.60. The Hall–Kier alpha value is -2.14. The minimum Gasteiger partial charge on any atom is -0.384 e. The van der Waals surface area contributed by atoms with Gasteiger partial charge in [0.15, 0.2) is 0 Å². The topological polar surface area (TPSA) is 95.1 Å². The number of aliphatic hydroxyl groups is 1. The molecule has 7 heteroatoms. The molecular weight excluding hydrogens is 290 g/mol. The lowest BCUT2D eigenvalue weighted by Gasteiger charge is -2.07. The van der Waals surface area contributed by atoms with Crippen LogP contribution in [-0.2, 0) is 16.6 Å². The maximum absolute atomic E-state index is 12.2. The van der Waals surface area contributed by atoms with Crippen LogP contribution in [0.2, 0.25) is 0 Å². The molecule has 1 aromatic carbocycles. The normalized spacial score (nSPS) is 11.0. The molecule has 0 aliphatic rings. The Morgan fingerprint density at radius 3 is 2.86 bits per heavy atom. The second-order valence-corrected chi connectivity index (χ2v) is 6.06. The Morgan fingerprint density at radius 1 is 1.43 bits per heavy atom. The Labute approximate surface area is 123 Å². The van der Waals surface area contributed by atoms with Gasteiger partial charge in [0.1, 0.15) is 12.4 Å². The van der Waals surface area contributed by atoms with E-state index < -0.39 is 10.0 Å². The standard InChI is InChI=1S/C14H15N3O3S/c1-11-9-13(5-4-12(11)3-2-8-18)21(19,20)17-10-14-15-6-7-16-14/h4-7,9,17-18H,8,10H2,1H3,(H,15,16). The van der Waals surface area contributed by atoms with Gasteiger partial charge in [0.05, 0.1) is 11.4 Å². The summed E-state index contributed by atoms with van der Waals surface area (Å²) in [4.78, 5) is 6.95. The van der Waals surface area contributed by atoms with Crippen molar-refractivity contribution in [2.45, 2.75) is 18.4 Å². The number of nitrogens with zero attached hydrogens (tertiary/aromatic N) is 1. The molecule has 0 radical (unpaired) electrons. The van der Waals surface area contributed by atoms with Crippen LogP contribution in [0.5, 0.6) is 0 Å². The average Bonchev–Trinajstić information content (AvgIpc) is 2.97. The lowest BCUT2D eigenvalue weighted by molar-refractivity contribution is 0.350. The number of imidazole rings is 1. The molecule has 0 aliphatic carbocycles. The molecule has 0 amide bonds. The van der Waals surface area contributed by atoms with Gasteiger partial charge in [-0.05, 0) is 30.7 Å². The Morgan fingerprint density at radius 2 is 2.24 bits per heavy atom. The number of H-pyrrole nitrogens is 1. The first kappa shape index (κ1) is 15.3. The molecule has 0 bridgehead atoms. The molecule has 0 atom stereocenters. The van der Waals surface area contributed by atoms with E-state index in [0.717, 1.165) is 5.56 Å². The van der Waals surface area contributed by atoms with Crippen LogP contribution in [0.25, 0.3) is 0 Å². The van der Waals surface area contributed by atoms with Gasteiger partial charge in [0, 0.05) is 18.0 Å². The summed E-state index contributed by atoms with van der Waals surface area (Å²) in [6.07, 6.45) is 3.19. The summed E-state index contributed by atoms with van der Waals surface area (Å²) in [6.45, 7) is 1.64. The largest absolute Gasteiger partial charge is 0.384 e. The number of hydrogen-bond acceptors (Lipinski definition) is 4. The number of aromatic nitrogens is 2. The fourth-order valence-electron chi connectivity index (χ4n) is 1.72. The molecule has 110 valence electrons. The van der Waals surface area contributed by atoms with Gasteiger partial charge in [0.25, 0.3) is 0 Å². The highest BCUT2D eigenvalue weighted by molar-refractivity contribution is 7.89. The molecule has 6 nitrogen and oxygen atoms in total. The number of hydrogen-bond donors (Lipinski definition) is 3. The van der Waals surface area contributed by atoms with E-state index in [1.807, 2.05) is 0 Å². The van der Waals surface area contributed by atoms with E-state index in [0.29, 0.717) is 11.4 Å². The van der Waals surface area contributed by atoms with Gasteiger partial charge < -0.3 is 10.1 Å². The third-order valence-electron chi connectivity index (χ3n) is 2.79. The van der Waals surface area contributed by atoms with Crippen molar-refractivity contribution >= 4 is 10.0 Å². The number of sulfonamides is 1. The molecule has 1 heterocycles. The minimum absolute atomic E-state index is 0.0977. The molecule has 0 fully saturated rings. The van der Waals surface area contributed by atoms with Gasteiger partial charge in [-0.2, -0.15) is 0 Å². The molecule has 21 heavy (non-hydrogen) atoms. The van der Waals surface area contributed by atoms with Gasteiger partial charge >= 0.3 is 0 Å². The second kappa shape index (κ2) is 6.54. The zero-order valence-corrected chi connectivity index (χ0v) is 12.2. The number of aryl methyl sites for hydroxylation is 1. The molecule has 0 saturated heterocycles. The summed E-state index contributed by atoms with van der Waals surface area (Å²) < 4.78 is 26.8. The van der Waals surface area contributed by atoms with Gasteiger partial charge in [0.2, 0.25) is 10.0 Å². The van der Waals surface area contributed by atoms with Crippen molar-refractivity contribution in [2.24, 2.45) is 0 Å². The molecule has 0 unspecified atom stereocenters. The number of aromatic amines is 1. The average molecular weight is 305 g/mol. The quantitative estimate of drug-likeness (QED) is 0.719. The molecule has 2 rings (SSSR count). The summed E-state index contributed by atoms with van der Waals surface area (Å²) in [5, 5.41) is 8.67. The first-order valence-corrected chi connectivity index (χ1v) is 7.69. The van der Waals surface area contributed by atoms with E-state index >= 15 is 0 Å². The van der Waals surface area contributed by atoms with Crippen molar-refractivity contribution in [3.05, 3.63) is 47.5 Å². The fourth-order valence-corrected chi connectivity index (χ4v) is 2.79. The predicted molar refractivity (Wildman–Crippen MR) is 77.8 cm³/mol. The molecule has 0 saturated carbocycles. The predicted octanol–water partition coefficient (Wildman–Crippen LogP) is 0.540. The number of benzene rings is 1. The number of aliphatic hydroxyl groups excluding tert-OH is 1. The van der Waals surface area contributed by atoms with E-state index in [1.54, 1.807) is 31.5 Å². The highest BCUT2D eigenvalue weighted by Crippen LogP contribution is 2.15. The summed E-state index contributed by atoms with van der Waals surface area (Å²) in [7, 11) is -3.60. The van der Waals surface area contributed by atoms with Crippen LogP contribution in [0.1, 0.15) is 17.0 Å². The molecule has 2 aromatic rings. The second-order valence-electron chi connectivity index (χ2n) is 4.30. The van der Waals surface area contributed by atoms with E-state index in [-0.39, 0.29) is 18.0 Å². The van der Waals surface area contributed by atoms with Crippen molar-refractivity contribution < 1.29 is 13.5 Å². The number of rotatable bonds is 4. The highest BCUT2D eigenvalue weighted by atomic mass is 32.2. The van der Waals surface area contributed by atoms with Crippen LogP contribution >= 0.6 is 0 Å². The Bertz CT molecular complexity index is 772. The van der Waals surface area contributed by atoms with E-state index in [9.17, 15) is 8.42 Å². The van der Waals surface area contributed by atoms with Crippen molar-refractivity contribution in [1.29, 1.82) is 0 Å². The first-order chi connectivity index (χ1) is 10.0. The SMILES string of the molecule is Cc1cc(S(=O)(=O)NCc2ncc[nH]2)ccc1C#CCO. The number of nitrogens with one attached hydrogen (secondary N) is 2. The van der Waals surface area contributed by atoms with Crippen LogP contribution in [0.3, 0.4) is 0 Å². The first-order valence-electron chi connectivity index (χ1n) is 6.21. The van der Waals surface area contributed by atoms with Crippen LogP contribution < -0.4 is 4.72 Å². The Balaban J connectivity index is 2.18. The third-order valence-corrected chi connectivity index (χ3v) is 4.19. The van der Waals surface area contributed by atoms with E-state index in [2.05, 4.69) is 26.5 Å². The Kier molecular flexibility index (Phi) is 4.75. The smallest absolute Gasteiger partial charge is 0.240 e. The lowest BCUT2D eigenvalue weighted by Crippen LogP contribution is -2.23. The molecule has 0 spiro atoms. The van der Waals surface area contributed by atoms with E-state index in [1.165, 1.54) is 6.07 Å². The third kappa shape index (κ3) is 3.92. The summed E-state index contributed by atoms with van der Waals surface area (Å²) in [6, 6.07) is 4.66. The molecule has 1 aromatic heterocycles. The maximum Gasteiger partial charge on any atom is 0.240 e. The van der Waals surface area contributed by atoms with Gasteiger partial charge in [-0.25, -0.2) is 18.1 Å².